The van der Waals surface area contributed by atoms with Gasteiger partial charge in [0.25, 0.3) is 0 Å². The van der Waals surface area contributed by atoms with Crippen LogP contribution in [0.1, 0.15) is 19.8 Å². The third-order valence-electron chi connectivity index (χ3n) is 4.99. The van der Waals surface area contributed by atoms with E-state index in [0.717, 1.165) is 49.2 Å². The van der Waals surface area contributed by atoms with Crippen LogP contribution < -0.4 is 25.0 Å². The van der Waals surface area contributed by atoms with Crippen LogP contribution in [0, 0.1) is 0 Å². The van der Waals surface area contributed by atoms with Crippen LogP contribution in [0.4, 0.5) is 5.82 Å². The van der Waals surface area contributed by atoms with E-state index in [1.807, 2.05) is 49.5 Å². The van der Waals surface area contributed by atoms with Crippen molar-refractivity contribution in [2.24, 2.45) is 4.99 Å². The SMILES string of the molecule is CN=C(NCC(C)Oc1ccccc1OC)NC1CCN(c2ccccn2)CC1.I. The molecule has 1 aliphatic heterocycles. The van der Waals surface area contributed by atoms with E-state index in [4.69, 9.17) is 9.47 Å². The van der Waals surface area contributed by atoms with E-state index < -0.39 is 0 Å². The number of aromatic nitrogens is 1. The smallest absolute Gasteiger partial charge is 0.191 e. The number of rotatable bonds is 7. The van der Waals surface area contributed by atoms with Crippen LogP contribution in [0.5, 0.6) is 11.5 Å². The van der Waals surface area contributed by atoms with Gasteiger partial charge in [0.2, 0.25) is 0 Å². The fraction of sp³-hybridized carbons (Fsp3) is 0.455. The second kappa shape index (κ2) is 12.5. The maximum absolute atomic E-state index is 6.00. The first-order valence-corrected chi connectivity index (χ1v) is 10.1. The largest absolute Gasteiger partial charge is 0.493 e. The van der Waals surface area contributed by atoms with Gasteiger partial charge in [-0.2, -0.15) is 0 Å². The van der Waals surface area contributed by atoms with Gasteiger partial charge in [-0.3, -0.25) is 4.99 Å². The average Bonchev–Trinajstić information content (AvgIpc) is 2.78. The molecule has 1 aromatic carbocycles. The Morgan fingerprint density at radius 3 is 2.50 bits per heavy atom. The lowest BCUT2D eigenvalue weighted by molar-refractivity contribution is 0.213. The highest BCUT2D eigenvalue weighted by molar-refractivity contribution is 14.0. The average molecular weight is 525 g/mol. The first kappa shape index (κ1) is 24.0. The minimum atomic E-state index is -0.0316. The topological polar surface area (TPSA) is 71.0 Å². The number of piperidine rings is 1. The first-order chi connectivity index (χ1) is 14.2. The number of nitrogens with zero attached hydrogens (tertiary/aromatic N) is 3. The van der Waals surface area contributed by atoms with E-state index in [1.54, 1.807) is 14.2 Å². The maximum Gasteiger partial charge on any atom is 0.191 e. The lowest BCUT2D eigenvalue weighted by atomic mass is 10.1. The van der Waals surface area contributed by atoms with Gasteiger partial charge in [0.1, 0.15) is 11.9 Å². The van der Waals surface area contributed by atoms with Crippen LogP contribution in [-0.2, 0) is 0 Å². The molecule has 0 bridgehead atoms. The molecular formula is C22H32IN5O2. The molecule has 1 aromatic heterocycles. The zero-order valence-electron chi connectivity index (χ0n) is 17.9. The number of ether oxygens (including phenoxy) is 2. The Morgan fingerprint density at radius 1 is 1.17 bits per heavy atom. The van der Waals surface area contributed by atoms with Crippen molar-refractivity contribution in [2.45, 2.75) is 31.9 Å². The summed E-state index contributed by atoms with van der Waals surface area (Å²) in [7, 11) is 3.44. The maximum atomic E-state index is 6.00. The van der Waals surface area contributed by atoms with E-state index in [2.05, 4.69) is 31.6 Å². The molecule has 1 unspecified atom stereocenters. The van der Waals surface area contributed by atoms with Crippen LogP contribution in [0.25, 0.3) is 0 Å². The van der Waals surface area contributed by atoms with E-state index in [0.29, 0.717) is 12.6 Å². The van der Waals surface area contributed by atoms with Crippen LogP contribution in [0.15, 0.2) is 53.7 Å². The van der Waals surface area contributed by atoms with Gasteiger partial charge in [-0.1, -0.05) is 18.2 Å². The van der Waals surface area contributed by atoms with E-state index in [-0.39, 0.29) is 30.1 Å². The van der Waals surface area contributed by atoms with Gasteiger partial charge >= 0.3 is 0 Å². The van der Waals surface area contributed by atoms with Crippen molar-refractivity contribution in [3.05, 3.63) is 48.7 Å². The fourth-order valence-electron chi connectivity index (χ4n) is 3.40. The van der Waals surface area contributed by atoms with E-state index in [9.17, 15) is 0 Å². The summed E-state index contributed by atoms with van der Waals surface area (Å²) in [6, 6.07) is 14.1. The standard InChI is InChI=1S/C22H31N5O2.HI/c1-17(29-20-9-5-4-8-19(20)28-3)16-25-22(23-2)26-18-11-14-27(15-12-18)21-10-6-7-13-24-21;/h4-10,13,17-18H,11-12,14-16H2,1-3H3,(H2,23,25,26);1H. The second-order valence-corrected chi connectivity index (χ2v) is 7.13. The van der Waals surface area contributed by atoms with Crippen molar-refractivity contribution in [3.63, 3.8) is 0 Å². The highest BCUT2D eigenvalue weighted by atomic mass is 127. The number of para-hydroxylation sites is 2. The minimum absolute atomic E-state index is 0. The molecule has 1 fully saturated rings. The van der Waals surface area contributed by atoms with Crippen molar-refractivity contribution in [2.75, 3.05) is 38.7 Å². The first-order valence-electron chi connectivity index (χ1n) is 10.1. The highest BCUT2D eigenvalue weighted by Gasteiger charge is 2.21. The number of aliphatic imine (C=N–C) groups is 1. The summed E-state index contributed by atoms with van der Waals surface area (Å²) in [5.74, 6) is 3.34. The summed E-state index contributed by atoms with van der Waals surface area (Å²) >= 11 is 0. The molecule has 0 saturated carbocycles. The summed E-state index contributed by atoms with van der Waals surface area (Å²) < 4.78 is 11.3. The summed E-state index contributed by atoms with van der Waals surface area (Å²) in [5.41, 5.74) is 0. The molecule has 2 N–H and O–H groups in total. The molecule has 1 atom stereocenters. The monoisotopic (exact) mass is 525 g/mol. The zero-order valence-corrected chi connectivity index (χ0v) is 20.2. The number of halogens is 1. The third kappa shape index (κ3) is 6.93. The molecule has 3 rings (SSSR count). The van der Waals surface area contributed by atoms with Gasteiger partial charge in [0.15, 0.2) is 17.5 Å². The Morgan fingerprint density at radius 2 is 1.87 bits per heavy atom. The number of nitrogens with one attached hydrogen (secondary N) is 2. The number of anilines is 1. The predicted octanol–water partition coefficient (Wildman–Crippen LogP) is 3.31. The number of hydrogen-bond donors (Lipinski definition) is 2. The van der Waals surface area contributed by atoms with Crippen LogP contribution >= 0.6 is 24.0 Å². The van der Waals surface area contributed by atoms with Gasteiger partial charge in [-0.25, -0.2) is 4.98 Å². The third-order valence-corrected chi connectivity index (χ3v) is 4.99. The van der Waals surface area contributed by atoms with E-state index >= 15 is 0 Å². The Balaban J connectivity index is 0.00000320. The van der Waals surface area contributed by atoms with Crippen molar-refractivity contribution in [3.8, 4) is 11.5 Å². The summed E-state index contributed by atoms with van der Waals surface area (Å²) in [4.78, 5) is 11.1. The number of hydrogen-bond acceptors (Lipinski definition) is 5. The molecule has 0 amide bonds. The molecule has 1 saturated heterocycles. The van der Waals surface area contributed by atoms with Gasteiger partial charge in [0, 0.05) is 32.4 Å². The van der Waals surface area contributed by atoms with Crippen molar-refractivity contribution in [1.82, 2.24) is 15.6 Å². The lowest BCUT2D eigenvalue weighted by Gasteiger charge is -2.33. The number of guanidine groups is 1. The van der Waals surface area contributed by atoms with Crippen molar-refractivity contribution >= 4 is 35.8 Å². The molecule has 164 valence electrons. The van der Waals surface area contributed by atoms with Gasteiger partial charge in [0.05, 0.1) is 13.7 Å². The molecule has 0 aliphatic carbocycles. The molecule has 7 nitrogen and oxygen atoms in total. The molecule has 0 spiro atoms. The Hall–Kier alpha value is -2.23. The minimum Gasteiger partial charge on any atom is -0.493 e. The number of pyridine rings is 1. The molecular weight excluding hydrogens is 493 g/mol. The van der Waals surface area contributed by atoms with Crippen molar-refractivity contribution < 1.29 is 9.47 Å². The number of methoxy groups -OCH3 is 1. The highest BCUT2D eigenvalue weighted by Crippen LogP contribution is 2.26. The molecule has 8 heteroatoms. The molecule has 2 aromatic rings. The normalized spacial score (nSPS) is 15.7. The lowest BCUT2D eigenvalue weighted by Crippen LogP contribution is -2.50. The predicted molar refractivity (Wildman–Crippen MR) is 132 cm³/mol. The van der Waals surface area contributed by atoms with Crippen molar-refractivity contribution in [1.29, 1.82) is 0 Å². The van der Waals surface area contributed by atoms with Gasteiger partial charge < -0.3 is 25.0 Å². The second-order valence-electron chi connectivity index (χ2n) is 7.13. The zero-order chi connectivity index (χ0) is 20.5. The molecule has 2 heterocycles. The van der Waals surface area contributed by atoms with Crippen LogP contribution in [0.2, 0.25) is 0 Å². The summed E-state index contributed by atoms with van der Waals surface area (Å²) in [6.45, 7) is 4.64. The summed E-state index contributed by atoms with van der Waals surface area (Å²) in [6.07, 6.45) is 3.91. The van der Waals surface area contributed by atoms with E-state index in [1.165, 1.54) is 0 Å². The van der Waals surface area contributed by atoms with Crippen LogP contribution in [-0.4, -0.2) is 56.9 Å². The Labute approximate surface area is 196 Å². The van der Waals surface area contributed by atoms with Gasteiger partial charge in [-0.05, 0) is 44.0 Å². The number of benzene rings is 1. The fourth-order valence-corrected chi connectivity index (χ4v) is 3.40. The molecule has 0 radical (unpaired) electrons. The van der Waals surface area contributed by atoms with Gasteiger partial charge in [-0.15, -0.1) is 24.0 Å². The Kier molecular flexibility index (Phi) is 9.99. The molecule has 30 heavy (non-hydrogen) atoms. The summed E-state index contributed by atoms with van der Waals surface area (Å²) in [5, 5.41) is 6.90. The quantitative estimate of drug-likeness (QED) is 0.329. The Bertz CT molecular complexity index is 782. The molecule has 1 aliphatic rings. The van der Waals surface area contributed by atoms with Crippen LogP contribution in [0.3, 0.4) is 0 Å².